The fraction of sp³-hybridized carbons (Fsp3) is 0.385. The van der Waals surface area contributed by atoms with Crippen molar-refractivity contribution < 1.29 is 9.90 Å². The lowest BCUT2D eigenvalue weighted by Gasteiger charge is -2.37. The molecule has 4 atom stereocenters. The van der Waals surface area contributed by atoms with Gasteiger partial charge in [0.1, 0.15) is 5.75 Å². The number of aromatic nitrogens is 3. The molecule has 1 aromatic heterocycles. The summed E-state index contributed by atoms with van der Waals surface area (Å²) in [7, 11) is 0. The third-order valence-electron chi connectivity index (χ3n) is 6.95. The van der Waals surface area contributed by atoms with Gasteiger partial charge in [-0.3, -0.25) is 4.79 Å². The largest absolute Gasteiger partial charge is 0.507 e. The quantitative estimate of drug-likeness (QED) is 0.208. The second-order valence-electron chi connectivity index (χ2n) is 10.6. The summed E-state index contributed by atoms with van der Waals surface area (Å²) in [5.74, 6) is 0.148. The number of rotatable bonds is 6. The highest BCUT2D eigenvalue weighted by molar-refractivity contribution is 6.40. The number of aromatic hydroxyl groups is 1. The van der Waals surface area contributed by atoms with Crippen molar-refractivity contribution in [3.8, 4) is 5.75 Å². The number of phenols is 1. The summed E-state index contributed by atoms with van der Waals surface area (Å²) in [5.41, 5.74) is 25.6. The average molecular weight is 637 g/mol. The summed E-state index contributed by atoms with van der Waals surface area (Å²) in [6.45, 7) is 2.13. The third kappa shape index (κ3) is 7.06. The third-order valence-corrected chi connectivity index (χ3v) is 7.78. The number of hydrogen-bond donors (Lipinski definition) is 7. The molecule has 0 spiro atoms. The fourth-order valence-corrected chi connectivity index (χ4v) is 5.90. The highest BCUT2D eigenvalue weighted by Crippen LogP contribution is 2.36. The molecule has 3 aromatic rings. The highest BCUT2D eigenvalue weighted by atomic mass is 35.5. The lowest BCUT2D eigenvalue weighted by atomic mass is 10.0. The van der Waals surface area contributed by atoms with Crippen LogP contribution in [0.4, 0.5) is 29.2 Å². The number of phenolic OH excluding ortho intramolecular Hbond substituents is 1. The number of carbonyl (C=O) groups excluding carboxylic acids is 1. The first-order valence-corrected chi connectivity index (χ1v) is 14.4. The molecule has 3 heterocycles. The number of anilines is 5. The van der Waals surface area contributed by atoms with Gasteiger partial charge in [0.15, 0.2) is 0 Å². The number of nitrogens with one attached hydrogen (secondary N) is 2. The Morgan fingerprint density at radius 1 is 0.810 bits per heavy atom. The minimum atomic E-state index is -0.615. The van der Waals surface area contributed by atoms with Crippen molar-refractivity contribution in [3.63, 3.8) is 0 Å². The maximum absolute atomic E-state index is 12.8. The smallest absolute Gasteiger partial charge is 0.259 e. The maximum Gasteiger partial charge on any atom is 0.259 e. The predicted molar refractivity (Wildman–Crippen MR) is 166 cm³/mol. The maximum atomic E-state index is 12.8. The Hall–Kier alpha value is -3.17. The van der Waals surface area contributed by atoms with Crippen molar-refractivity contribution in [2.24, 2.45) is 22.9 Å². The van der Waals surface area contributed by atoms with Crippen molar-refractivity contribution >= 4 is 69.9 Å². The van der Waals surface area contributed by atoms with Crippen LogP contribution >= 0.6 is 34.8 Å². The molecule has 2 saturated heterocycles. The Labute approximate surface area is 257 Å². The van der Waals surface area contributed by atoms with Crippen LogP contribution in [0.25, 0.3) is 0 Å². The summed E-state index contributed by atoms with van der Waals surface area (Å²) < 4.78 is 0. The van der Waals surface area contributed by atoms with Crippen molar-refractivity contribution in [1.82, 2.24) is 15.0 Å². The van der Waals surface area contributed by atoms with Crippen molar-refractivity contribution in [2.75, 3.05) is 46.6 Å². The number of nitrogens with two attached hydrogens (primary N) is 4. The van der Waals surface area contributed by atoms with E-state index in [-0.39, 0.29) is 62.2 Å². The molecule has 0 unspecified atom stereocenters. The van der Waals surface area contributed by atoms with Crippen LogP contribution in [-0.2, 0) is 0 Å². The Morgan fingerprint density at radius 3 is 1.79 bits per heavy atom. The first-order valence-electron chi connectivity index (χ1n) is 13.3. The Bertz CT molecular complexity index is 1390. The molecule has 0 radical (unpaired) electrons. The summed E-state index contributed by atoms with van der Waals surface area (Å²) in [5, 5.41) is 16.4. The Morgan fingerprint density at radius 2 is 1.31 bits per heavy atom. The van der Waals surface area contributed by atoms with Crippen LogP contribution in [-0.4, -0.2) is 76.3 Å². The molecule has 11 N–H and O–H groups in total. The van der Waals surface area contributed by atoms with Crippen LogP contribution in [0, 0.1) is 0 Å². The minimum Gasteiger partial charge on any atom is -0.507 e. The zero-order valence-corrected chi connectivity index (χ0v) is 24.7. The zero-order chi connectivity index (χ0) is 30.1. The van der Waals surface area contributed by atoms with Gasteiger partial charge in [-0.15, -0.1) is 0 Å². The van der Waals surface area contributed by atoms with E-state index in [4.69, 9.17) is 62.7 Å². The first kappa shape index (κ1) is 30.3. The van der Waals surface area contributed by atoms with Gasteiger partial charge >= 0.3 is 0 Å². The standard InChI is InChI=1S/C26H32Cl3N11O2/c27-12-1-2-18(21(41)3-12)23(42)35-22-19(28)6-17(7-20(22)29)34-24-36-25(39-8-13(30)4-14(31)9-39)38-26(37-24)40-10-15(32)5-16(33)11-40/h1-3,6-7,13-16,41H,4-5,8-11,30-33H2,(H,35,42)(H,34,36,37,38)/t13-,14+,15-,16+. The minimum absolute atomic E-state index is 0.00766. The number of hydrogen-bond acceptors (Lipinski definition) is 12. The number of piperidine rings is 2. The molecule has 42 heavy (non-hydrogen) atoms. The Balaban J connectivity index is 1.43. The van der Waals surface area contributed by atoms with Crippen LogP contribution in [0.3, 0.4) is 0 Å². The van der Waals surface area contributed by atoms with Gasteiger partial charge in [-0.2, -0.15) is 15.0 Å². The van der Waals surface area contributed by atoms with E-state index in [9.17, 15) is 9.90 Å². The number of carbonyl (C=O) groups is 1. The SMILES string of the molecule is N[C@@H]1C[C@H](N)CN(c2nc(Nc3cc(Cl)c(NC(=O)c4ccc(Cl)cc4O)c(Cl)c3)nc(N3C[C@H](N)C[C@H](N)C3)n2)C1. The van der Waals surface area contributed by atoms with Crippen LogP contribution in [0.1, 0.15) is 23.2 Å². The molecule has 0 bridgehead atoms. The lowest BCUT2D eigenvalue weighted by molar-refractivity contribution is 0.102. The molecular formula is C26H32Cl3N11O2. The molecule has 2 aliphatic heterocycles. The summed E-state index contributed by atoms with van der Waals surface area (Å²) in [6.07, 6.45) is 1.40. The van der Waals surface area contributed by atoms with E-state index in [0.717, 1.165) is 0 Å². The van der Waals surface area contributed by atoms with E-state index in [2.05, 4.69) is 20.6 Å². The molecule has 2 fully saturated rings. The van der Waals surface area contributed by atoms with Gasteiger partial charge in [-0.1, -0.05) is 34.8 Å². The van der Waals surface area contributed by atoms with E-state index in [1.807, 2.05) is 9.80 Å². The molecule has 0 saturated carbocycles. The average Bonchev–Trinajstić information content (AvgIpc) is 2.89. The monoisotopic (exact) mass is 635 g/mol. The van der Waals surface area contributed by atoms with E-state index < -0.39 is 5.91 Å². The zero-order valence-electron chi connectivity index (χ0n) is 22.5. The number of halogens is 3. The molecule has 5 rings (SSSR count). The number of amides is 1. The lowest BCUT2D eigenvalue weighted by Crippen LogP contribution is -2.54. The number of benzene rings is 2. The summed E-state index contributed by atoms with van der Waals surface area (Å²) >= 11 is 18.9. The number of nitrogens with zero attached hydrogens (tertiary/aromatic N) is 5. The van der Waals surface area contributed by atoms with Crippen LogP contribution in [0.2, 0.25) is 15.1 Å². The van der Waals surface area contributed by atoms with E-state index in [1.165, 1.54) is 18.2 Å². The normalized spacial score (nSPS) is 22.6. The van der Waals surface area contributed by atoms with Gasteiger partial charge in [0.25, 0.3) is 5.91 Å². The highest BCUT2D eigenvalue weighted by Gasteiger charge is 2.29. The van der Waals surface area contributed by atoms with Crippen LogP contribution < -0.4 is 43.4 Å². The van der Waals surface area contributed by atoms with Crippen molar-refractivity contribution in [1.29, 1.82) is 0 Å². The van der Waals surface area contributed by atoms with Crippen molar-refractivity contribution in [3.05, 3.63) is 51.0 Å². The van der Waals surface area contributed by atoms with E-state index in [1.54, 1.807) is 12.1 Å². The fourth-order valence-electron chi connectivity index (χ4n) is 5.15. The molecule has 13 nitrogen and oxygen atoms in total. The van der Waals surface area contributed by atoms with Gasteiger partial charge in [-0.25, -0.2) is 0 Å². The Kier molecular flexibility index (Phi) is 9.08. The van der Waals surface area contributed by atoms with Gasteiger partial charge in [0.2, 0.25) is 17.8 Å². The second-order valence-corrected chi connectivity index (χ2v) is 11.9. The molecule has 2 aromatic carbocycles. The molecule has 0 aliphatic carbocycles. The second kappa shape index (κ2) is 12.6. The topological polar surface area (TPSA) is 211 Å². The van der Waals surface area contributed by atoms with Gasteiger partial charge < -0.3 is 48.5 Å². The molecule has 224 valence electrons. The molecule has 2 aliphatic rings. The van der Waals surface area contributed by atoms with Gasteiger partial charge in [-0.05, 0) is 43.2 Å². The van der Waals surface area contributed by atoms with Crippen LogP contribution in [0.15, 0.2) is 30.3 Å². The molecular weight excluding hydrogens is 605 g/mol. The van der Waals surface area contributed by atoms with Gasteiger partial charge in [0.05, 0.1) is 21.3 Å². The summed E-state index contributed by atoms with van der Waals surface area (Å²) in [6, 6.07) is 6.76. The first-order chi connectivity index (χ1) is 19.9. The van der Waals surface area contributed by atoms with E-state index in [0.29, 0.717) is 56.6 Å². The van der Waals surface area contributed by atoms with Gasteiger partial charge in [0, 0.05) is 61.1 Å². The van der Waals surface area contributed by atoms with E-state index >= 15 is 0 Å². The molecule has 16 heteroatoms. The molecule has 1 amide bonds. The predicted octanol–water partition coefficient (Wildman–Crippen LogP) is 2.26. The van der Waals surface area contributed by atoms with Crippen LogP contribution in [0.5, 0.6) is 5.75 Å². The summed E-state index contributed by atoms with van der Waals surface area (Å²) in [4.78, 5) is 30.6. The van der Waals surface area contributed by atoms with Crippen molar-refractivity contribution in [2.45, 2.75) is 37.0 Å².